The highest BCUT2D eigenvalue weighted by Crippen LogP contribution is 2.17. The fourth-order valence-corrected chi connectivity index (χ4v) is 3.03. The summed E-state index contributed by atoms with van der Waals surface area (Å²) < 4.78 is 1.56. The minimum atomic E-state index is -0.0594. The van der Waals surface area contributed by atoms with Gasteiger partial charge in [-0.3, -0.25) is 9.69 Å². The second-order valence-corrected chi connectivity index (χ2v) is 6.33. The summed E-state index contributed by atoms with van der Waals surface area (Å²) in [5, 5.41) is 3.27. The molecular weight excluding hydrogens is 264 g/mol. The highest BCUT2D eigenvalue weighted by molar-refractivity contribution is 5.30. The first kappa shape index (κ1) is 16.0. The number of aromatic nitrogens is 2. The molecule has 0 amide bonds. The van der Waals surface area contributed by atoms with Crippen LogP contribution in [0.15, 0.2) is 17.2 Å². The highest BCUT2D eigenvalue weighted by Gasteiger charge is 2.22. The summed E-state index contributed by atoms with van der Waals surface area (Å²) in [5.41, 5.74) is -0.0594. The van der Waals surface area contributed by atoms with E-state index in [1.165, 1.54) is 38.8 Å². The van der Waals surface area contributed by atoms with Crippen LogP contribution in [0.25, 0.3) is 0 Å². The number of hydrogen-bond acceptors (Lipinski definition) is 4. The van der Waals surface area contributed by atoms with Gasteiger partial charge in [0.2, 0.25) is 0 Å². The van der Waals surface area contributed by atoms with Gasteiger partial charge in [0, 0.05) is 32.0 Å². The standard InChI is InChI=1S/C16H28N4O/c1-13(2)14(20-9-6-4-5-7-10-20)12-18-15-16(21)19(3)11-8-17-15/h8,11,13-14H,4-7,9-10,12H2,1-3H3,(H,17,18)/t14-/m0/s1. The monoisotopic (exact) mass is 292 g/mol. The van der Waals surface area contributed by atoms with Crippen molar-refractivity contribution in [2.45, 2.75) is 45.6 Å². The van der Waals surface area contributed by atoms with Gasteiger partial charge >= 0.3 is 0 Å². The normalized spacial score (nSPS) is 18.5. The van der Waals surface area contributed by atoms with Crippen LogP contribution >= 0.6 is 0 Å². The van der Waals surface area contributed by atoms with Crippen molar-refractivity contribution in [3.8, 4) is 0 Å². The van der Waals surface area contributed by atoms with E-state index in [0.717, 1.165) is 6.54 Å². The molecule has 0 radical (unpaired) electrons. The third-order valence-corrected chi connectivity index (χ3v) is 4.37. The first-order valence-corrected chi connectivity index (χ1v) is 8.09. The molecule has 0 spiro atoms. The van der Waals surface area contributed by atoms with Crippen molar-refractivity contribution in [3.05, 3.63) is 22.7 Å². The Bertz CT molecular complexity index is 489. The fraction of sp³-hybridized carbons (Fsp3) is 0.750. The largest absolute Gasteiger partial charge is 0.364 e. The fourth-order valence-electron chi connectivity index (χ4n) is 3.03. The van der Waals surface area contributed by atoms with E-state index in [1.807, 2.05) is 0 Å². The third kappa shape index (κ3) is 4.30. The molecular formula is C16H28N4O. The van der Waals surface area contributed by atoms with Crippen LogP contribution < -0.4 is 10.9 Å². The van der Waals surface area contributed by atoms with Crippen molar-refractivity contribution in [2.75, 3.05) is 25.0 Å². The molecule has 0 bridgehead atoms. The highest BCUT2D eigenvalue weighted by atomic mass is 16.1. The maximum atomic E-state index is 12.0. The predicted octanol–water partition coefficient (Wildman–Crippen LogP) is 2.09. The number of aryl methyl sites for hydroxylation is 1. The van der Waals surface area contributed by atoms with E-state index in [9.17, 15) is 4.79 Å². The minimum absolute atomic E-state index is 0.0594. The van der Waals surface area contributed by atoms with Crippen molar-refractivity contribution in [3.63, 3.8) is 0 Å². The van der Waals surface area contributed by atoms with Gasteiger partial charge in [-0.15, -0.1) is 0 Å². The van der Waals surface area contributed by atoms with Gasteiger partial charge in [0.15, 0.2) is 5.82 Å². The van der Waals surface area contributed by atoms with Crippen LogP contribution in [0.1, 0.15) is 39.5 Å². The molecule has 0 aliphatic carbocycles. The lowest BCUT2D eigenvalue weighted by atomic mass is 10.0. The van der Waals surface area contributed by atoms with Crippen LogP contribution in [0.5, 0.6) is 0 Å². The van der Waals surface area contributed by atoms with Gasteiger partial charge in [-0.25, -0.2) is 4.98 Å². The SMILES string of the molecule is CC(C)[C@H](CNc1nccn(C)c1=O)N1CCCCCC1. The van der Waals surface area contributed by atoms with Crippen molar-refractivity contribution in [2.24, 2.45) is 13.0 Å². The van der Waals surface area contributed by atoms with E-state index in [1.54, 1.807) is 24.0 Å². The van der Waals surface area contributed by atoms with Gasteiger partial charge in [-0.05, 0) is 31.8 Å². The molecule has 1 N–H and O–H groups in total. The second kappa shape index (κ2) is 7.59. The van der Waals surface area contributed by atoms with Gasteiger partial charge in [-0.1, -0.05) is 26.7 Å². The summed E-state index contributed by atoms with van der Waals surface area (Å²) in [5.74, 6) is 1.02. The van der Waals surface area contributed by atoms with Crippen molar-refractivity contribution < 1.29 is 0 Å². The molecule has 1 aliphatic rings. The summed E-state index contributed by atoms with van der Waals surface area (Å²) in [6, 6.07) is 0.454. The zero-order chi connectivity index (χ0) is 15.2. The Morgan fingerprint density at radius 1 is 1.24 bits per heavy atom. The van der Waals surface area contributed by atoms with Crippen LogP contribution in [0.2, 0.25) is 0 Å². The summed E-state index contributed by atoms with van der Waals surface area (Å²) in [6.45, 7) is 7.64. The molecule has 2 heterocycles. The molecule has 1 aromatic rings. The quantitative estimate of drug-likeness (QED) is 0.903. The van der Waals surface area contributed by atoms with E-state index in [2.05, 4.69) is 29.0 Å². The number of nitrogens with one attached hydrogen (secondary N) is 1. The van der Waals surface area contributed by atoms with Crippen LogP contribution in [0, 0.1) is 5.92 Å². The van der Waals surface area contributed by atoms with E-state index in [0.29, 0.717) is 17.8 Å². The second-order valence-electron chi connectivity index (χ2n) is 6.33. The first-order chi connectivity index (χ1) is 10.1. The predicted molar refractivity (Wildman–Crippen MR) is 86.6 cm³/mol. The number of nitrogens with zero attached hydrogens (tertiary/aromatic N) is 3. The number of anilines is 1. The maximum absolute atomic E-state index is 12.0. The molecule has 5 heteroatoms. The Morgan fingerprint density at radius 2 is 1.90 bits per heavy atom. The average Bonchev–Trinajstić information content (AvgIpc) is 2.72. The molecule has 0 unspecified atom stereocenters. The third-order valence-electron chi connectivity index (χ3n) is 4.37. The van der Waals surface area contributed by atoms with Crippen LogP contribution in [-0.4, -0.2) is 40.1 Å². The van der Waals surface area contributed by atoms with E-state index >= 15 is 0 Å². The molecule has 1 atom stereocenters. The Morgan fingerprint density at radius 3 is 2.52 bits per heavy atom. The van der Waals surface area contributed by atoms with Crippen molar-refractivity contribution >= 4 is 5.82 Å². The minimum Gasteiger partial charge on any atom is -0.364 e. The number of rotatable bonds is 5. The van der Waals surface area contributed by atoms with Crippen LogP contribution in [0.4, 0.5) is 5.82 Å². The molecule has 5 nitrogen and oxygen atoms in total. The molecule has 21 heavy (non-hydrogen) atoms. The molecule has 1 aliphatic heterocycles. The Balaban J connectivity index is 2.02. The molecule has 1 aromatic heterocycles. The van der Waals surface area contributed by atoms with Gasteiger partial charge in [0.25, 0.3) is 5.56 Å². The molecule has 0 saturated carbocycles. The van der Waals surface area contributed by atoms with Crippen LogP contribution in [-0.2, 0) is 7.05 Å². The summed E-state index contributed by atoms with van der Waals surface area (Å²) >= 11 is 0. The Hall–Kier alpha value is -1.36. The van der Waals surface area contributed by atoms with Gasteiger partial charge < -0.3 is 9.88 Å². The lowest BCUT2D eigenvalue weighted by Crippen LogP contribution is -2.44. The van der Waals surface area contributed by atoms with E-state index < -0.39 is 0 Å². The summed E-state index contributed by atoms with van der Waals surface area (Å²) in [6.07, 6.45) is 8.61. The molecule has 2 rings (SSSR count). The molecule has 0 aromatic carbocycles. The summed E-state index contributed by atoms with van der Waals surface area (Å²) in [7, 11) is 1.75. The van der Waals surface area contributed by atoms with E-state index in [-0.39, 0.29) is 5.56 Å². The van der Waals surface area contributed by atoms with E-state index in [4.69, 9.17) is 0 Å². The summed E-state index contributed by atoms with van der Waals surface area (Å²) in [4.78, 5) is 18.8. The lowest BCUT2D eigenvalue weighted by molar-refractivity contribution is 0.169. The van der Waals surface area contributed by atoms with Gasteiger partial charge in [0.1, 0.15) is 0 Å². The Labute approximate surface area is 127 Å². The van der Waals surface area contributed by atoms with Crippen molar-refractivity contribution in [1.29, 1.82) is 0 Å². The van der Waals surface area contributed by atoms with Gasteiger partial charge in [0.05, 0.1) is 0 Å². The Kier molecular flexibility index (Phi) is 5.79. The van der Waals surface area contributed by atoms with Crippen LogP contribution in [0.3, 0.4) is 0 Å². The smallest absolute Gasteiger partial charge is 0.293 e. The zero-order valence-electron chi connectivity index (χ0n) is 13.5. The molecule has 1 fully saturated rings. The zero-order valence-corrected chi connectivity index (χ0v) is 13.5. The lowest BCUT2D eigenvalue weighted by Gasteiger charge is -2.33. The number of hydrogen-bond donors (Lipinski definition) is 1. The maximum Gasteiger partial charge on any atom is 0.293 e. The topological polar surface area (TPSA) is 50.2 Å². The molecule has 118 valence electrons. The molecule has 1 saturated heterocycles. The first-order valence-electron chi connectivity index (χ1n) is 8.09. The average molecular weight is 292 g/mol. The van der Waals surface area contributed by atoms with Gasteiger partial charge in [-0.2, -0.15) is 0 Å². The number of likely N-dealkylation sites (tertiary alicyclic amines) is 1. The van der Waals surface area contributed by atoms with Crippen molar-refractivity contribution in [1.82, 2.24) is 14.5 Å².